The first kappa shape index (κ1) is 26.6. The molecule has 194 valence electrons. The third kappa shape index (κ3) is 5.63. The normalized spacial score (nSPS) is 18.5. The van der Waals surface area contributed by atoms with E-state index in [9.17, 15) is 24.3 Å². The van der Waals surface area contributed by atoms with Crippen molar-refractivity contribution in [2.24, 2.45) is 0 Å². The van der Waals surface area contributed by atoms with Gasteiger partial charge in [0.05, 0.1) is 24.6 Å². The van der Waals surface area contributed by atoms with Crippen LogP contribution in [-0.2, 0) is 11.3 Å². The molecular formula is C28H31N3O5S. The Labute approximate surface area is 218 Å². The van der Waals surface area contributed by atoms with Crippen LogP contribution in [0.5, 0.6) is 5.88 Å². The first-order chi connectivity index (χ1) is 17.6. The third-order valence-corrected chi connectivity index (χ3v) is 8.71. The van der Waals surface area contributed by atoms with Gasteiger partial charge in [-0.3, -0.25) is 13.9 Å². The number of fused-ring (bicyclic) bond motifs is 1. The van der Waals surface area contributed by atoms with Gasteiger partial charge in [-0.25, -0.2) is 4.98 Å². The Hall–Kier alpha value is -3.42. The molecular weight excluding hydrogens is 490 g/mol. The lowest BCUT2D eigenvalue weighted by Gasteiger charge is -2.41. The zero-order valence-corrected chi connectivity index (χ0v) is 21.9. The van der Waals surface area contributed by atoms with Gasteiger partial charge in [0.1, 0.15) is 11.0 Å². The third-order valence-electron chi connectivity index (χ3n) is 6.81. The first-order valence-electron chi connectivity index (χ1n) is 12.1. The highest BCUT2D eigenvalue weighted by Crippen LogP contribution is 2.57. The van der Waals surface area contributed by atoms with Crippen LogP contribution in [0.25, 0.3) is 0 Å². The lowest BCUT2D eigenvalue weighted by molar-refractivity contribution is -0.137. The Balaban J connectivity index is 1.74. The number of aromatic nitrogens is 1. The molecule has 2 aromatic carbocycles. The Morgan fingerprint density at radius 2 is 2.00 bits per heavy atom. The molecule has 3 N–H and O–H groups in total. The number of aliphatic carboxylic acids is 1. The van der Waals surface area contributed by atoms with E-state index in [1.165, 1.54) is 0 Å². The molecule has 2 atom stereocenters. The number of carbonyl (C=O) groups is 1. The largest absolute Gasteiger partial charge is 0.481 e. The summed E-state index contributed by atoms with van der Waals surface area (Å²) in [5.41, 5.74) is 4.84. The smallest absolute Gasteiger partial charge is 0.304 e. The van der Waals surface area contributed by atoms with Crippen LogP contribution in [0.3, 0.4) is 0 Å². The summed E-state index contributed by atoms with van der Waals surface area (Å²) in [5, 5.41) is 18.9. The molecule has 2 unspecified atom stereocenters. The monoisotopic (exact) mass is 521 g/mol. The summed E-state index contributed by atoms with van der Waals surface area (Å²) in [6.45, 7) is 6.34. The molecule has 9 heteroatoms. The Morgan fingerprint density at radius 1 is 1.22 bits per heavy atom. The van der Waals surface area contributed by atoms with Crippen molar-refractivity contribution in [3.05, 3.63) is 88.1 Å². The highest BCUT2D eigenvalue weighted by Gasteiger charge is 2.35. The molecule has 0 bridgehead atoms. The maximum atomic E-state index is 11.8. The molecule has 0 saturated carbocycles. The van der Waals surface area contributed by atoms with Crippen molar-refractivity contribution in [2.45, 2.75) is 57.1 Å². The van der Waals surface area contributed by atoms with Gasteiger partial charge < -0.3 is 9.84 Å². The van der Waals surface area contributed by atoms with Gasteiger partial charge >= 0.3 is 5.97 Å². The Morgan fingerprint density at radius 3 is 2.68 bits per heavy atom. The average Bonchev–Trinajstić information content (AvgIpc) is 2.97. The molecule has 3 aromatic rings. The van der Waals surface area contributed by atoms with E-state index in [4.69, 9.17) is 4.74 Å². The van der Waals surface area contributed by atoms with Gasteiger partial charge in [-0.1, -0.05) is 31.2 Å². The summed E-state index contributed by atoms with van der Waals surface area (Å²) < 4.78 is 30.3. The van der Waals surface area contributed by atoms with Crippen LogP contribution in [0.2, 0.25) is 0 Å². The fourth-order valence-electron chi connectivity index (χ4n) is 4.69. The van der Waals surface area contributed by atoms with Gasteiger partial charge in [-0.15, -0.1) is 10.8 Å². The molecule has 8 nitrogen and oxygen atoms in total. The van der Waals surface area contributed by atoms with Gasteiger partial charge in [0.2, 0.25) is 5.88 Å². The molecule has 1 aliphatic rings. The molecule has 1 aromatic heterocycles. The molecule has 37 heavy (non-hydrogen) atoms. The predicted octanol–water partition coefficient (Wildman–Crippen LogP) is 5.87. The van der Waals surface area contributed by atoms with Crippen LogP contribution in [0.4, 0.5) is 0 Å². The lowest BCUT2D eigenvalue weighted by Crippen LogP contribution is -2.34. The highest BCUT2D eigenvalue weighted by atomic mass is 32.3. The number of hydrogen-bond donors (Lipinski definition) is 3. The number of carboxylic acids is 1. The highest BCUT2D eigenvalue weighted by molar-refractivity contribution is 8.22. The zero-order chi connectivity index (χ0) is 26.7. The number of rotatable bonds is 7. The Bertz CT molecular complexity index is 1350. The van der Waals surface area contributed by atoms with Crippen LogP contribution in [0.15, 0.2) is 59.6 Å². The number of hydrogen-bond acceptors (Lipinski definition) is 7. The van der Waals surface area contributed by atoms with Crippen LogP contribution in [0.1, 0.15) is 59.1 Å². The molecule has 4 rings (SSSR count). The van der Waals surface area contributed by atoms with Gasteiger partial charge in [0.25, 0.3) is 0 Å². The standard InChI is InChI=1S/C28H31N3O5S/c1-4-23-17-31(37(34,35)26-6-5-11-30-28(26)36-23)16-22-13-21(9-7-18(22)2)25(14-27(32)33)24-10-8-20(15-29)12-19(24)3/h5-13,23,25,34-35H,4,14,16-17H2,1-3H3,(H,32,33). The number of nitrogens with zero attached hydrogens (tertiary/aromatic N) is 3. The molecule has 1 aliphatic heterocycles. The van der Waals surface area contributed by atoms with E-state index in [-0.39, 0.29) is 29.8 Å². The van der Waals surface area contributed by atoms with Crippen molar-refractivity contribution in [1.29, 1.82) is 5.26 Å². The summed E-state index contributed by atoms with van der Waals surface area (Å²) in [5.74, 6) is -1.12. The molecule has 0 amide bonds. The average molecular weight is 522 g/mol. The molecule has 0 radical (unpaired) electrons. The minimum Gasteiger partial charge on any atom is -0.481 e. The van der Waals surface area contributed by atoms with Crippen molar-refractivity contribution in [3.63, 3.8) is 0 Å². The summed E-state index contributed by atoms with van der Waals surface area (Å²) in [6, 6.07) is 16.5. The SMILES string of the molecule is CCC1CN(Cc2cc(C(CC(=O)O)c3ccc(C#N)cc3C)ccc2C)S(O)(O)c2cccnc2O1. The van der Waals surface area contributed by atoms with Crippen LogP contribution in [-0.4, -0.2) is 42.1 Å². The van der Waals surface area contributed by atoms with Gasteiger partial charge in [-0.05, 0) is 72.4 Å². The minimum atomic E-state index is -3.37. The topological polar surface area (TPSA) is 127 Å². The van der Waals surface area contributed by atoms with Crippen molar-refractivity contribution in [3.8, 4) is 11.9 Å². The maximum Gasteiger partial charge on any atom is 0.304 e. The molecule has 2 heterocycles. The predicted molar refractivity (Wildman–Crippen MR) is 142 cm³/mol. The van der Waals surface area contributed by atoms with E-state index in [0.717, 1.165) is 27.8 Å². The van der Waals surface area contributed by atoms with Crippen molar-refractivity contribution in [1.82, 2.24) is 9.29 Å². The lowest BCUT2D eigenvalue weighted by atomic mass is 9.84. The summed E-state index contributed by atoms with van der Waals surface area (Å²) in [6.07, 6.45) is 1.85. The van der Waals surface area contributed by atoms with Crippen LogP contribution < -0.4 is 4.74 Å². The van der Waals surface area contributed by atoms with Gasteiger partial charge in [0.15, 0.2) is 0 Å². The summed E-state index contributed by atoms with van der Waals surface area (Å²) >= 11 is 0. The van der Waals surface area contributed by atoms with Crippen molar-refractivity contribution >= 4 is 16.7 Å². The number of benzene rings is 2. The molecule has 0 spiro atoms. The van der Waals surface area contributed by atoms with E-state index in [2.05, 4.69) is 11.1 Å². The maximum absolute atomic E-state index is 11.8. The second kappa shape index (κ2) is 10.9. The van der Waals surface area contributed by atoms with Crippen molar-refractivity contribution in [2.75, 3.05) is 6.54 Å². The molecule has 0 fully saturated rings. The van der Waals surface area contributed by atoms with E-state index in [1.54, 1.807) is 34.8 Å². The first-order valence-corrected chi connectivity index (χ1v) is 13.6. The van der Waals surface area contributed by atoms with Crippen LogP contribution >= 0.6 is 10.8 Å². The number of ether oxygens (including phenoxy) is 1. The quantitative estimate of drug-likeness (QED) is 0.352. The van der Waals surface area contributed by atoms with E-state index >= 15 is 0 Å². The fraction of sp³-hybridized carbons (Fsp3) is 0.321. The number of aryl methyl sites for hydroxylation is 2. The van der Waals surface area contributed by atoms with Crippen molar-refractivity contribution < 1.29 is 23.7 Å². The van der Waals surface area contributed by atoms with E-state index in [0.29, 0.717) is 18.5 Å². The van der Waals surface area contributed by atoms with Gasteiger partial charge in [-0.2, -0.15) is 9.57 Å². The summed E-state index contributed by atoms with van der Waals surface area (Å²) in [7, 11) is -3.37. The van der Waals surface area contributed by atoms with Crippen LogP contribution in [0, 0.1) is 25.2 Å². The second-order valence-electron chi connectivity index (χ2n) is 9.32. The van der Waals surface area contributed by atoms with E-state index < -0.39 is 22.7 Å². The molecule has 0 saturated heterocycles. The molecule has 0 aliphatic carbocycles. The summed E-state index contributed by atoms with van der Waals surface area (Å²) in [4.78, 5) is 16.3. The van der Waals surface area contributed by atoms with Gasteiger partial charge in [0, 0.05) is 18.7 Å². The zero-order valence-electron chi connectivity index (χ0n) is 21.1. The number of nitriles is 1. The number of pyridine rings is 1. The van der Waals surface area contributed by atoms with E-state index in [1.807, 2.05) is 45.0 Å². The Kier molecular flexibility index (Phi) is 7.85. The second-order valence-corrected chi connectivity index (χ2v) is 11.3. The minimum absolute atomic E-state index is 0.112. The number of carboxylic acid groups (broad SMARTS) is 1. The fourth-order valence-corrected chi connectivity index (χ4v) is 6.26.